The quantitative estimate of drug-likeness (QED) is 0.176. The number of phenols is 1. The number of nitrogens with zero attached hydrogens (tertiary/aromatic N) is 3. The summed E-state index contributed by atoms with van der Waals surface area (Å²) in [6.07, 6.45) is 1.91. The minimum Gasteiger partial charge on any atom is -0.506 e. The van der Waals surface area contributed by atoms with Gasteiger partial charge in [-0.1, -0.05) is 99.1 Å². The molecule has 0 atom stereocenters. The van der Waals surface area contributed by atoms with E-state index in [0.717, 1.165) is 60.8 Å². The zero-order valence-corrected chi connectivity index (χ0v) is 29.0. The van der Waals surface area contributed by atoms with E-state index in [1.54, 1.807) is 6.07 Å². The molecule has 5 nitrogen and oxygen atoms in total. The van der Waals surface area contributed by atoms with Gasteiger partial charge in [0.15, 0.2) is 0 Å². The Morgan fingerprint density at radius 3 is 2.08 bits per heavy atom. The summed E-state index contributed by atoms with van der Waals surface area (Å²) in [5, 5.41) is 13.9. The fourth-order valence-corrected chi connectivity index (χ4v) is 6.15. The number of fused-ring (bicyclic) bond motifs is 4. The standard InChI is InChI=1S/C42H32N3O2.Pt/c1-42(2,3)32-22-30-16-21-40(44-41(30)38(46)24-32)47-33-17-18-34-35-23-29(27-10-6-4-7-11-27)14-19-36(35)45(37(34)25-33)39-20-15-31(26-43-39)28-12-8-5-9-13-28;/h4-24,26,46H,1-3H3;/q-1;. The Morgan fingerprint density at radius 1 is 0.688 bits per heavy atom. The number of aromatic hydroxyl groups is 1. The molecule has 8 aromatic rings. The van der Waals surface area contributed by atoms with Gasteiger partial charge in [-0.05, 0) is 69.5 Å². The average molecular weight is 806 g/mol. The van der Waals surface area contributed by atoms with Gasteiger partial charge in [-0.3, -0.25) is 0 Å². The van der Waals surface area contributed by atoms with Crippen molar-refractivity contribution in [3.63, 3.8) is 0 Å². The van der Waals surface area contributed by atoms with Crippen LogP contribution in [0, 0.1) is 6.07 Å². The maximum absolute atomic E-state index is 10.9. The van der Waals surface area contributed by atoms with Gasteiger partial charge in [0.25, 0.3) is 0 Å². The number of aromatic nitrogens is 3. The van der Waals surface area contributed by atoms with Crippen LogP contribution in [0.4, 0.5) is 0 Å². The molecule has 0 aliphatic rings. The van der Waals surface area contributed by atoms with Crippen LogP contribution >= 0.6 is 0 Å². The second-order valence-electron chi connectivity index (χ2n) is 12.9. The number of rotatable bonds is 5. The van der Waals surface area contributed by atoms with E-state index in [1.807, 2.05) is 54.7 Å². The molecular weight excluding hydrogens is 774 g/mol. The molecule has 1 N–H and O–H groups in total. The largest absolute Gasteiger partial charge is 0.506 e. The Morgan fingerprint density at radius 2 is 1.40 bits per heavy atom. The van der Waals surface area contributed by atoms with E-state index in [0.29, 0.717) is 17.1 Å². The average Bonchev–Trinajstić information content (AvgIpc) is 3.42. The van der Waals surface area contributed by atoms with E-state index < -0.39 is 0 Å². The molecule has 0 amide bonds. The number of pyridine rings is 2. The second kappa shape index (κ2) is 12.4. The molecule has 0 aliphatic carbocycles. The van der Waals surface area contributed by atoms with Crippen LogP contribution < -0.4 is 4.74 Å². The molecule has 5 aromatic carbocycles. The van der Waals surface area contributed by atoms with Gasteiger partial charge in [-0.25, -0.2) is 9.97 Å². The number of hydrogen-bond acceptors (Lipinski definition) is 4. The molecular formula is C42H32N3O2Pt-. The van der Waals surface area contributed by atoms with Gasteiger partial charge in [0.1, 0.15) is 17.1 Å². The van der Waals surface area contributed by atoms with Crippen LogP contribution in [-0.4, -0.2) is 19.6 Å². The zero-order chi connectivity index (χ0) is 32.1. The summed E-state index contributed by atoms with van der Waals surface area (Å²) >= 11 is 0. The van der Waals surface area contributed by atoms with Gasteiger partial charge in [0.05, 0.1) is 0 Å². The molecule has 0 radical (unpaired) electrons. The SMILES string of the molecule is CC(C)(C)c1cc(O)c2nc(Oc3[c-]c4c(cc3)c3cc(-c5ccccc5)ccc3n4-c3ccc(-c4ccccc4)cn3)ccc2c1.[Pt]. The van der Waals surface area contributed by atoms with E-state index in [4.69, 9.17) is 9.72 Å². The van der Waals surface area contributed by atoms with Gasteiger partial charge in [-0.2, -0.15) is 6.07 Å². The van der Waals surface area contributed by atoms with E-state index in [9.17, 15) is 5.11 Å². The molecule has 0 spiro atoms. The van der Waals surface area contributed by atoms with E-state index in [1.165, 1.54) is 0 Å². The van der Waals surface area contributed by atoms with Crippen molar-refractivity contribution in [2.45, 2.75) is 26.2 Å². The number of hydrogen-bond donors (Lipinski definition) is 1. The van der Waals surface area contributed by atoms with Crippen molar-refractivity contribution >= 4 is 32.7 Å². The van der Waals surface area contributed by atoms with Crippen molar-refractivity contribution in [3.05, 3.63) is 145 Å². The van der Waals surface area contributed by atoms with Crippen LogP contribution in [0.25, 0.3) is 60.8 Å². The van der Waals surface area contributed by atoms with Crippen LogP contribution in [-0.2, 0) is 26.5 Å². The summed E-state index contributed by atoms with van der Waals surface area (Å²) in [4.78, 5) is 9.59. The Bertz CT molecular complexity index is 2410. The minimum absolute atomic E-state index is 0. The minimum atomic E-state index is -0.0950. The van der Waals surface area contributed by atoms with E-state index in [2.05, 4.69) is 109 Å². The van der Waals surface area contributed by atoms with Gasteiger partial charge < -0.3 is 14.4 Å². The van der Waals surface area contributed by atoms with Gasteiger partial charge >= 0.3 is 0 Å². The Kier molecular flexibility index (Phi) is 8.10. The van der Waals surface area contributed by atoms with Crippen molar-refractivity contribution in [1.82, 2.24) is 14.5 Å². The van der Waals surface area contributed by atoms with Crippen LogP contribution in [0.1, 0.15) is 26.3 Å². The summed E-state index contributed by atoms with van der Waals surface area (Å²) in [5.41, 5.74) is 7.79. The third kappa shape index (κ3) is 5.76. The van der Waals surface area contributed by atoms with Crippen molar-refractivity contribution in [1.29, 1.82) is 0 Å². The second-order valence-corrected chi connectivity index (χ2v) is 12.9. The third-order valence-corrected chi connectivity index (χ3v) is 8.67. The Balaban J connectivity index is 0.00000364. The number of benzene rings is 5. The molecule has 0 aliphatic heterocycles. The summed E-state index contributed by atoms with van der Waals surface area (Å²) in [6.45, 7) is 6.37. The first-order chi connectivity index (χ1) is 22.8. The Hall–Kier alpha value is -5.25. The molecule has 6 heteroatoms. The molecule has 3 heterocycles. The van der Waals surface area contributed by atoms with Crippen LogP contribution in [0.15, 0.2) is 134 Å². The first-order valence-corrected chi connectivity index (χ1v) is 15.7. The first kappa shape index (κ1) is 31.4. The van der Waals surface area contributed by atoms with Gasteiger partial charge in [0, 0.05) is 55.5 Å². The molecule has 0 saturated heterocycles. The predicted molar refractivity (Wildman–Crippen MR) is 190 cm³/mol. The summed E-state index contributed by atoms with van der Waals surface area (Å²) < 4.78 is 8.43. The molecule has 238 valence electrons. The van der Waals surface area contributed by atoms with Crippen molar-refractivity contribution < 1.29 is 30.9 Å². The van der Waals surface area contributed by atoms with Crippen LogP contribution in [0.5, 0.6) is 17.4 Å². The maximum Gasteiger partial charge on any atom is 0.217 e. The summed E-state index contributed by atoms with van der Waals surface area (Å²) in [7, 11) is 0. The van der Waals surface area contributed by atoms with Crippen molar-refractivity contribution in [2.75, 3.05) is 0 Å². The first-order valence-electron chi connectivity index (χ1n) is 15.7. The molecule has 0 fully saturated rings. The topological polar surface area (TPSA) is 60.2 Å². The van der Waals surface area contributed by atoms with Gasteiger partial charge in [0.2, 0.25) is 5.88 Å². The fourth-order valence-electron chi connectivity index (χ4n) is 6.15. The molecule has 0 bridgehead atoms. The van der Waals surface area contributed by atoms with Crippen molar-refractivity contribution in [3.8, 4) is 45.5 Å². The van der Waals surface area contributed by atoms with Crippen molar-refractivity contribution in [2.24, 2.45) is 0 Å². The normalized spacial score (nSPS) is 11.6. The molecule has 8 rings (SSSR count). The van der Waals surface area contributed by atoms with Gasteiger partial charge in [-0.15, -0.1) is 17.5 Å². The summed E-state index contributed by atoms with van der Waals surface area (Å²) in [6, 6.07) is 46.5. The Labute approximate surface area is 293 Å². The fraction of sp³-hybridized carbons (Fsp3) is 0.0952. The smallest absolute Gasteiger partial charge is 0.217 e. The summed E-state index contributed by atoms with van der Waals surface area (Å²) in [5.74, 6) is 1.82. The van der Waals surface area contributed by atoms with E-state index >= 15 is 0 Å². The van der Waals surface area contributed by atoms with E-state index in [-0.39, 0.29) is 32.2 Å². The molecule has 0 unspecified atom stereocenters. The van der Waals surface area contributed by atoms with Crippen LogP contribution in [0.2, 0.25) is 0 Å². The number of ether oxygens (including phenoxy) is 1. The third-order valence-electron chi connectivity index (χ3n) is 8.67. The number of phenolic OH excluding ortho intramolecular Hbond substituents is 1. The molecule has 0 saturated carbocycles. The zero-order valence-electron chi connectivity index (χ0n) is 26.7. The predicted octanol–water partition coefficient (Wildman–Crippen LogP) is 10.7. The maximum atomic E-state index is 10.9. The van der Waals surface area contributed by atoms with Crippen LogP contribution in [0.3, 0.4) is 0 Å². The molecule has 3 aromatic heterocycles. The monoisotopic (exact) mass is 805 g/mol. The molecule has 48 heavy (non-hydrogen) atoms.